The smallest absolute Gasteiger partial charge is 0.311 e. The Hall–Kier alpha value is -13.6. The van der Waals surface area contributed by atoms with Crippen molar-refractivity contribution in [1.82, 2.24) is 0 Å². The van der Waals surface area contributed by atoms with Crippen molar-refractivity contribution in [3.8, 4) is 55.6 Å². The fraction of sp³-hybridized carbons (Fsp3) is 0.213. The predicted molar refractivity (Wildman–Crippen MR) is 408 cm³/mol. The molecule has 0 aromatic heterocycles. The number of fused-ring (bicyclic) bond motifs is 5. The van der Waals surface area contributed by atoms with Crippen LogP contribution in [-0.2, 0) is 75.0 Å². The van der Waals surface area contributed by atoms with E-state index in [1.807, 2.05) is 60.7 Å². The van der Waals surface area contributed by atoms with E-state index in [2.05, 4.69) is 67.6 Å². The summed E-state index contributed by atoms with van der Waals surface area (Å²) in [6, 6.07) is 58.1. The van der Waals surface area contributed by atoms with Crippen LogP contribution in [0, 0.1) is 5.41 Å². The van der Waals surface area contributed by atoms with Crippen LogP contribution in [0.25, 0.3) is 55.6 Å². The van der Waals surface area contributed by atoms with Crippen molar-refractivity contribution in [2.24, 2.45) is 5.41 Å². The Labute approximate surface area is 646 Å². The van der Waals surface area contributed by atoms with Gasteiger partial charge in [-0.25, -0.2) is 0 Å². The summed E-state index contributed by atoms with van der Waals surface area (Å²) < 4.78 is 0. The van der Waals surface area contributed by atoms with E-state index in [0.29, 0.717) is 47.1 Å². The molecule has 0 aliphatic heterocycles. The minimum atomic E-state index is -1.51. The van der Waals surface area contributed by atoms with Gasteiger partial charge in [-0.2, -0.15) is 0 Å². The molecule has 11 aliphatic carbocycles. The lowest BCUT2D eigenvalue weighted by Gasteiger charge is -2.67. The standard InChI is InChI=1S/C94H64O20/c1-2-3-34-89-82-80-81-83(89)93(48-20-10-43(11-21-48)63(87(111)112)38-68(101)102)75-55-29-27-53-51-25-24-50-52-26-28-54-56-30-32-58-59-33-31-57(55)77(93)79(59)94(89,49-22-12-44(13-23-49)64(88(113)114)39-69(103)104)78(58)76(56)92(82,47-18-8-42(9-19-47)62(86(109)110)37-67(99)100)74(54)72(52)90(80,45-14-4-40(5-15-45)60(84(105)106)35-65(95)96)70(50)71(51)91(81,73(53)75)46-16-6-41(7-17-46)61(85(107)108)36-66(97)98/h4-33,60-64H,2-3,34-39H2,1H3,(H,95,96)(H,97,98)(H,99,100)(H,101,102)(H,103,104)(H,105,106)(H,107,108)(H,109,110)(H,111,112)(H,113,114)/t60?,61?,62?,63?,64?,89-,90+,91-,92+,93-,94+. The van der Waals surface area contributed by atoms with Gasteiger partial charge in [0.05, 0.1) is 88.8 Å². The van der Waals surface area contributed by atoms with Crippen LogP contribution in [-0.4, -0.2) is 111 Å². The van der Waals surface area contributed by atoms with Gasteiger partial charge >= 0.3 is 59.7 Å². The lowest BCUT2D eigenvalue weighted by atomic mass is 9.33. The number of allylic oxidation sites excluding steroid dienone is 4. The fourth-order valence-corrected chi connectivity index (χ4v) is 24.7. The van der Waals surface area contributed by atoms with Crippen molar-refractivity contribution >= 4 is 59.7 Å². The Balaban J connectivity index is 1.05. The average Bonchev–Trinajstić information content (AvgIpc) is 1.39. The number of carbonyl (C=O) groups is 10. The lowest BCUT2D eigenvalue weighted by molar-refractivity contribution is -0.145. The van der Waals surface area contributed by atoms with Crippen molar-refractivity contribution in [1.29, 1.82) is 0 Å². The minimum Gasteiger partial charge on any atom is -0.481 e. The zero-order valence-electron chi connectivity index (χ0n) is 60.4. The Morgan fingerprint density at radius 3 is 0.658 bits per heavy atom. The zero-order chi connectivity index (χ0) is 79.2. The van der Waals surface area contributed by atoms with E-state index in [1.54, 1.807) is 60.7 Å². The summed E-state index contributed by atoms with van der Waals surface area (Å²) in [5.74, 6) is -21.0. The molecule has 11 atom stereocenters. The van der Waals surface area contributed by atoms with Crippen molar-refractivity contribution < 1.29 is 99.0 Å². The quantitative estimate of drug-likeness (QED) is 0.0218. The van der Waals surface area contributed by atoms with E-state index in [-0.39, 0.29) is 27.8 Å². The van der Waals surface area contributed by atoms with Crippen molar-refractivity contribution in [2.75, 3.05) is 0 Å². The fourth-order valence-electron chi connectivity index (χ4n) is 24.7. The molecule has 21 rings (SSSR count). The number of aliphatic carboxylic acids is 10. The summed E-state index contributed by atoms with van der Waals surface area (Å²) in [7, 11) is 0. The number of unbranched alkanes of at least 4 members (excludes halogenated alkanes) is 1. The van der Waals surface area contributed by atoms with E-state index in [9.17, 15) is 99.0 Å². The first kappa shape index (κ1) is 68.4. The van der Waals surface area contributed by atoms with E-state index in [4.69, 9.17) is 0 Å². The maximum absolute atomic E-state index is 13.5. The van der Waals surface area contributed by atoms with Gasteiger partial charge < -0.3 is 51.1 Å². The average molecular weight is 1510 g/mol. The van der Waals surface area contributed by atoms with E-state index >= 15 is 0 Å². The molecule has 0 amide bonds. The van der Waals surface area contributed by atoms with Crippen LogP contribution in [0.1, 0.15) is 199 Å². The second kappa shape index (κ2) is 22.4. The van der Waals surface area contributed by atoms with E-state index in [1.165, 1.54) is 0 Å². The molecule has 10 N–H and O–H groups in total. The first-order valence-corrected chi connectivity index (χ1v) is 37.9. The topological polar surface area (TPSA) is 373 Å². The Kier molecular flexibility index (Phi) is 13.4. The molecule has 10 aromatic carbocycles. The molecule has 11 aliphatic rings. The maximum atomic E-state index is 13.5. The summed E-state index contributed by atoms with van der Waals surface area (Å²) in [6.45, 7) is 2.11. The molecule has 0 heterocycles. The summed E-state index contributed by atoms with van der Waals surface area (Å²) in [5.41, 5.74) is 16.2. The molecule has 20 nitrogen and oxygen atoms in total. The summed E-state index contributed by atoms with van der Waals surface area (Å²) in [6.07, 6.45) is -2.36. The molecule has 560 valence electrons. The molecule has 114 heavy (non-hydrogen) atoms. The van der Waals surface area contributed by atoms with Crippen LogP contribution in [0.5, 0.6) is 0 Å². The predicted octanol–water partition coefficient (Wildman–Crippen LogP) is 14.6. The van der Waals surface area contributed by atoms with Gasteiger partial charge in [-0.05, 0) is 196 Å². The van der Waals surface area contributed by atoms with Gasteiger partial charge in [0.1, 0.15) is 0 Å². The van der Waals surface area contributed by atoms with Crippen LogP contribution in [0.3, 0.4) is 0 Å². The summed E-state index contributed by atoms with van der Waals surface area (Å²) in [5, 5.41) is 107. The van der Waals surface area contributed by atoms with Crippen LogP contribution in [0.4, 0.5) is 0 Å². The summed E-state index contributed by atoms with van der Waals surface area (Å²) in [4.78, 5) is 131. The van der Waals surface area contributed by atoms with Gasteiger partial charge in [-0.3, -0.25) is 47.9 Å². The van der Waals surface area contributed by atoms with Crippen LogP contribution in [0.15, 0.2) is 204 Å². The van der Waals surface area contributed by atoms with Gasteiger partial charge in [-0.15, -0.1) is 0 Å². The van der Waals surface area contributed by atoms with Gasteiger partial charge in [0.15, 0.2) is 0 Å². The Morgan fingerprint density at radius 1 is 0.254 bits per heavy atom. The third kappa shape index (κ3) is 7.47. The number of rotatable bonds is 28. The highest BCUT2D eigenvalue weighted by Gasteiger charge is 2.86. The molecular formula is C94H64O20. The largest absolute Gasteiger partial charge is 0.481 e. The van der Waals surface area contributed by atoms with Crippen molar-refractivity contribution in [3.05, 3.63) is 316 Å². The van der Waals surface area contributed by atoms with Crippen molar-refractivity contribution in [2.45, 2.75) is 115 Å². The van der Waals surface area contributed by atoms with E-state index in [0.717, 1.165) is 134 Å². The van der Waals surface area contributed by atoms with Crippen LogP contribution in [0.2, 0.25) is 0 Å². The van der Waals surface area contributed by atoms with Crippen LogP contribution < -0.4 is 0 Å². The van der Waals surface area contributed by atoms with Gasteiger partial charge in [0, 0.05) is 5.41 Å². The highest BCUT2D eigenvalue weighted by atomic mass is 16.4. The molecule has 0 spiro atoms. The second-order valence-electron chi connectivity index (χ2n) is 32.4. The monoisotopic (exact) mass is 1510 g/mol. The van der Waals surface area contributed by atoms with Gasteiger partial charge in [0.25, 0.3) is 0 Å². The molecule has 20 heteroatoms. The van der Waals surface area contributed by atoms with Crippen LogP contribution >= 0.6 is 0 Å². The molecule has 0 saturated heterocycles. The number of hydrogen-bond acceptors (Lipinski definition) is 10. The molecule has 0 saturated carbocycles. The Bertz CT molecular complexity index is 6100. The Morgan fingerprint density at radius 2 is 0.447 bits per heavy atom. The number of benzene rings is 10. The molecule has 0 radical (unpaired) electrons. The second-order valence-corrected chi connectivity index (χ2v) is 32.4. The number of hydrogen-bond donors (Lipinski definition) is 10. The SMILES string of the molecule is CCCC[C@]12C3=C4C5=C1[C@@]1(c6ccc(C(CC(=O)O)C(=O)O)cc6)c6c7ccc8c6[C@]5(c5ccc(C(CC(=O)O)C(=O)O)cc5)c5c-8ccc6c5[C@]4(c4ccc(C(CC(=O)O)C(=O)O)cc4)c4c-6ccc5c4[C@]3(c3ccc(C(CC(=O)O)C(=O)O)cc3)c3c-5ccc4c3[C@]2(c2ccc(C(CC(=O)O)C(=O)O)cc2)c2c-4ccc-7c21. The van der Waals surface area contributed by atoms with Crippen molar-refractivity contribution in [3.63, 3.8) is 0 Å². The third-order valence-corrected chi connectivity index (χ3v) is 28.0. The first-order chi connectivity index (χ1) is 54.7. The maximum Gasteiger partial charge on any atom is 0.311 e. The normalized spacial score (nSPS) is 23.4. The highest BCUT2D eigenvalue weighted by molar-refractivity contribution is 6.15. The van der Waals surface area contributed by atoms with E-state index < -0.39 is 154 Å². The molecule has 5 unspecified atom stereocenters. The molecule has 0 fully saturated rings. The summed E-state index contributed by atoms with van der Waals surface area (Å²) >= 11 is 0. The number of carboxylic acid groups (broad SMARTS) is 10. The lowest BCUT2D eigenvalue weighted by Crippen LogP contribution is -2.63. The highest BCUT2D eigenvalue weighted by Crippen LogP contribution is 2.94. The minimum absolute atomic E-state index is 0.213. The van der Waals surface area contributed by atoms with Gasteiger partial charge in [-0.1, -0.05) is 202 Å². The zero-order valence-corrected chi connectivity index (χ0v) is 60.4. The first-order valence-electron chi connectivity index (χ1n) is 37.9. The third-order valence-electron chi connectivity index (χ3n) is 28.0. The molecule has 10 aromatic rings. The molecular weight excluding hydrogens is 1450 g/mol. The number of carboxylic acids is 10. The molecule has 0 bridgehead atoms. The van der Waals surface area contributed by atoms with Gasteiger partial charge in [0.2, 0.25) is 0 Å².